The van der Waals surface area contributed by atoms with E-state index in [0.717, 1.165) is 11.1 Å². The van der Waals surface area contributed by atoms with Crippen LogP contribution in [0.3, 0.4) is 0 Å². The van der Waals surface area contributed by atoms with Crippen LogP contribution in [0.4, 0.5) is 4.79 Å². The molecule has 0 aromatic heterocycles. The second kappa shape index (κ2) is 15.8. The fourth-order valence-corrected chi connectivity index (χ4v) is 6.15. The van der Waals surface area contributed by atoms with Gasteiger partial charge in [0.15, 0.2) is 5.78 Å². The minimum atomic E-state index is -1.63. The number of nitrogens with one attached hydrogen (secondary N) is 1. The summed E-state index contributed by atoms with van der Waals surface area (Å²) in [7, 11) is 0. The average Bonchev–Trinajstić information content (AvgIpc) is 3.63. The number of rotatable bonds is 12. The fourth-order valence-electron chi connectivity index (χ4n) is 6.15. The zero-order valence-corrected chi connectivity index (χ0v) is 29.1. The van der Waals surface area contributed by atoms with Crippen LogP contribution >= 0.6 is 0 Å². The van der Waals surface area contributed by atoms with Crippen LogP contribution in [0.5, 0.6) is 5.75 Å². The molecule has 1 aliphatic rings. The minimum Gasteiger partial charge on any atom is -0.475 e. The first-order chi connectivity index (χ1) is 24.4. The van der Waals surface area contributed by atoms with Gasteiger partial charge >= 0.3 is 18.0 Å². The van der Waals surface area contributed by atoms with Crippen LogP contribution in [0.15, 0.2) is 109 Å². The largest absolute Gasteiger partial charge is 0.475 e. The first-order valence-electron chi connectivity index (χ1n) is 16.9. The van der Waals surface area contributed by atoms with Crippen molar-refractivity contribution in [3.63, 3.8) is 0 Å². The van der Waals surface area contributed by atoms with E-state index in [0.29, 0.717) is 42.7 Å². The molecule has 0 saturated carbocycles. The smallest absolute Gasteiger partial charge is 0.410 e. The number of amides is 1. The number of nitrogens with zero attached hydrogens (tertiary/aromatic N) is 1. The van der Waals surface area contributed by atoms with Crippen molar-refractivity contribution in [2.24, 2.45) is 11.1 Å². The molecule has 0 radical (unpaired) electrons. The van der Waals surface area contributed by atoms with Crippen molar-refractivity contribution < 1.29 is 33.4 Å². The molecule has 3 N–H and O–H groups in total. The van der Waals surface area contributed by atoms with E-state index in [4.69, 9.17) is 25.4 Å². The number of carbonyl (C=O) groups is 4. The monoisotopic (exact) mass is 689 g/mol. The number of ether oxygens (including phenoxy) is 3. The summed E-state index contributed by atoms with van der Waals surface area (Å²) < 4.78 is 17.6. The molecule has 4 aromatic rings. The Labute approximate surface area is 298 Å². The average molecular weight is 690 g/mol. The molecule has 5 rings (SSSR count). The Kier molecular flexibility index (Phi) is 11.3. The normalized spacial score (nSPS) is 15.4. The van der Waals surface area contributed by atoms with Gasteiger partial charge in [0.05, 0.1) is 11.6 Å². The van der Waals surface area contributed by atoms with Crippen molar-refractivity contribution >= 4 is 29.7 Å². The third kappa shape index (κ3) is 8.70. The van der Waals surface area contributed by atoms with Crippen LogP contribution in [0.1, 0.15) is 77.4 Å². The van der Waals surface area contributed by atoms with E-state index < -0.39 is 35.1 Å². The molecule has 2 atom stereocenters. The number of nitrogens with two attached hydrogens (primary N) is 1. The van der Waals surface area contributed by atoms with Crippen molar-refractivity contribution in [2.45, 2.75) is 64.7 Å². The van der Waals surface area contributed by atoms with Crippen LogP contribution in [0.2, 0.25) is 0 Å². The number of nitrogen functional groups attached to an aromatic ring is 1. The molecule has 1 aliphatic heterocycles. The summed E-state index contributed by atoms with van der Waals surface area (Å²) in [5.41, 5.74) is 5.80. The predicted molar refractivity (Wildman–Crippen MR) is 193 cm³/mol. The Balaban J connectivity index is 1.35. The highest BCUT2D eigenvalue weighted by molar-refractivity contribution is 6.02. The summed E-state index contributed by atoms with van der Waals surface area (Å²) in [6, 6.07) is 30.7. The van der Waals surface area contributed by atoms with E-state index in [-0.39, 0.29) is 30.2 Å². The third-order valence-corrected chi connectivity index (χ3v) is 9.19. The SMILES string of the molecule is CC(C)(C)[C@@](CCc1ccccc1)(Oc1ccc(C(=O)C2CCCN2C(=O)OCc2ccccc2)cc1)C(=O)OC(=O)c1ccc(C(=N)N)cc1. The standard InChI is InChI=1S/C41H43N3O7/c1-40(2,3)41(25-24-28-11-6-4-7-12-28,38(47)50-37(46)32-18-16-31(17-19-32)36(42)43)51-33-22-20-30(21-23-33)35(45)34-15-10-26-44(34)39(48)49-27-29-13-8-5-9-14-29/h4-9,11-14,16-23,34H,10,15,24-27H2,1-3H3,(H3,42,43)/t34?,41-/m0/s1. The van der Waals surface area contributed by atoms with Gasteiger partial charge in [-0.3, -0.25) is 15.1 Å². The van der Waals surface area contributed by atoms with Crippen molar-refractivity contribution in [3.05, 3.63) is 137 Å². The van der Waals surface area contributed by atoms with E-state index in [2.05, 4.69) is 0 Å². The molecule has 0 aliphatic carbocycles. The molecule has 10 nitrogen and oxygen atoms in total. The molecule has 264 valence electrons. The first-order valence-corrected chi connectivity index (χ1v) is 16.9. The Hall–Kier alpha value is -5.77. The molecule has 0 spiro atoms. The molecule has 1 amide bonds. The molecular weight excluding hydrogens is 646 g/mol. The van der Waals surface area contributed by atoms with Gasteiger partial charge in [-0.05, 0) is 66.8 Å². The topological polar surface area (TPSA) is 149 Å². The highest BCUT2D eigenvalue weighted by Gasteiger charge is 2.53. The number of ketones is 1. The Morgan fingerprint density at radius 1 is 0.784 bits per heavy atom. The van der Waals surface area contributed by atoms with Crippen molar-refractivity contribution in [2.75, 3.05) is 6.54 Å². The van der Waals surface area contributed by atoms with Gasteiger partial charge in [0.1, 0.15) is 18.2 Å². The van der Waals surface area contributed by atoms with E-state index in [1.807, 2.05) is 81.4 Å². The van der Waals surface area contributed by atoms with Gasteiger partial charge in [-0.25, -0.2) is 14.4 Å². The molecule has 4 aromatic carbocycles. The van der Waals surface area contributed by atoms with Gasteiger partial charge in [-0.15, -0.1) is 0 Å². The lowest BCUT2D eigenvalue weighted by Crippen LogP contribution is -2.56. The van der Waals surface area contributed by atoms with Gasteiger partial charge < -0.3 is 19.9 Å². The summed E-state index contributed by atoms with van der Waals surface area (Å²) in [4.78, 5) is 55.5. The van der Waals surface area contributed by atoms with Gasteiger partial charge in [-0.2, -0.15) is 0 Å². The van der Waals surface area contributed by atoms with Gasteiger partial charge in [-0.1, -0.05) is 93.6 Å². The Bertz CT molecular complexity index is 1850. The van der Waals surface area contributed by atoms with Crippen molar-refractivity contribution in [1.29, 1.82) is 5.41 Å². The number of hydrogen-bond donors (Lipinski definition) is 2. The molecule has 51 heavy (non-hydrogen) atoms. The Morgan fingerprint density at radius 3 is 1.94 bits per heavy atom. The maximum Gasteiger partial charge on any atom is 0.410 e. The fraction of sp³-hybridized carbons (Fsp3) is 0.293. The zero-order chi connectivity index (χ0) is 36.6. The summed E-state index contributed by atoms with van der Waals surface area (Å²) >= 11 is 0. The predicted octanol–water partition coefficient (Wildman–Crippen LogP) is 7.13. The maximum atomic E-state index is 14.2. The third-order valence-electron chi connectivity index (χ3n) is 9.19. The van der Waals surface area contributed by atoms with Crippen LogP contribution < -0.4 is 10.5 Å². The number of esters is 2. The molecule has 1 unspecified atom stereocenters. The van der Waals surface area contributed by atoms with Crippen LogP contribution in [-0.4, -0.2) is 52.7 Å². The molecule has 0 bridgehead atoms. The van der Waals surface area contributed by atoms with Crippen LogP contribution in [-0.2, 0) is 27.3 Å². The number of amidine groups is 1. The Morgan fingerprint density at radius 2 is 1.35 bits per heavy atom. The molecule has 1 saturated heterocycles. The van der Waals surface area contributed by atoms with Gasteiger partial charge in [0.25, 0.3) is 0 Å². The van der Waals surface area contributed by atoms with E-state index in [1.165, 1.54) is 29.2 Å². The van der Waals surface area contributed by atoms with Gasteiger partial charge in [0.2, 0.25) is 5.60 Å². The quantitative estimate of drug-likeness (QED) is 0.0525. The number of aryl methyl sites for hydroxylation is 1. The van der Waals surface area contributed by atoms with Crippen molar-refractivity contribution in [1.82, 2.24) is 4.90 Å². The van der Waals surface area contributed by atoms with Crippen LogP contribution in [0.25, 0.3) is 0 Å². The highest BCUT2D eigenvalue weighted by Crippen LogP contribution is 2.40. The zero-order valence-electron chi connectivity index (χ0n) is 29.1. The first kappa shape index (κ1) is 36.5. The molecule has 1 fully saturated rings. The molecule has 10 heteroatoms. The van der Waals surface area contributed by atoms with E-state index in [1.54, 1.807) is 24.3 Å². The number of likely N-dealkylation sites (tertiary alicyclic amines) is 1. The number of Topliss-reactive ketones (excluding diaryl/α,β-unsaturated/α-hetero) is 1. The lowest BCUT2D eigenvalue weighted by atomic mass is 9.72. The van der Waals surface area contributed by atoms with Crippen molar-refractivity contribution in [3.8, 4) is 5.75 Å². The second-order valence-electron chi connectivity index (χ2n) is 13.6. The summed E-state index contributed by atoms with van der Waals surface area (Å²) in [5, 5.41) is 7.60. The van der Waals surface area contributed by atoms with E-state index >= 15 is 0 Å². The lowest BCUT2D eigenvalue weighted by Gasteiger charge is -2.42. The molecular formula is C41H43N3O7. The minimum absolute atomic E-state index is 0.114. The van der Waals surface area contributed by atoms with Crippen LogP contribution in [0, 0.1) is 10.8 Å². The van der Waals surface area contributed by atoms with E-state index in [9.17, 15) is 19.2 Å². The number of benzene rings is 4. The lowest BCUT2D eigenvalue weighted by molar-refractivity contribution is -0.168. The summed E-state index contributed by atoms with van der Waals surface area (Å²) in [6.07, 6.45) is 1.28. The number of carbonyl (C=O) groups excluding carboxylic acids is 4. The summed E-state index contributed by atoms with van der Waals surface area (Å²) in [6.45, 7) is 6.06. The summed E-state index contributed by atoms with van der Waals surface area (Å²) in [5.74, 6) is -1.79. The highest BCUT2D eigenvalue weighted by atomic mass is 16.6. The second-order valence-corrected chi connectivity index (χ2v) is 13.6. The molecule has 1 heterocycles. The van der Waals surface area contributed by atoms with Gasteiger partial charge in [0, 0.05) is 29.5 Å². The maximum absolute atomic E-state index is 14.2. The number of hydrogen-bond acceptors (Lipinski definition) is 8.